The smallest absolute Gasteiger partial charge is 0.131 e. The highest BCUT2D eigenvalue weighted by atomic mass is 16.5. The second-order valence-electron chi connectivity index (χ2n) is 14.8. The van der Waals surface area contributed by atoms with E-state index in [0.29, 0.717) is 5.92 Å². The first kappa shape index (κ1) is 31.1. The number of nitriles is 1. The van der Waals surface area contributed by atoms with Crippen molar-refractivity contribution in [1.29, 1.82) is 5.26 Å². The van der Waals surface area contributed by atoms with Gasteiger partial charge in [0, 0.05) is 34.5 Å². The first-order valence-corrected chi connectivity index (χ1v) is 18.7. The van der Waals surface area contributed by atoms with E-state index in [4.69, 9.17) is 9.73 Å². The van der Waals surface area contributed by atoms with Gasteiger partial charge in [-0.05, 0) is 60.1 Å². The number of benzene rings is 3. The molecule has 3 aromatic carbocycles. The van der Waals surface area contributed by atoms with Crippen molar-refractivity contribution in [3.63, 3.8) is 0 Å². The van der Waals surface area contributed by atoms with Gasteiger partial charge in [0.25, 0.3) is 0 Å². The Morgan fingerprint density at radius 1 is 0.788 bits per heavy atom. The summed E-state index contributed by atoms with van der Waals surface area (Å²) >= 11 is 0. The normalized spacial score (nSPS) is 28.9. The fraction of sp³-hybridized carbons (Fsp3) is 0.234. The van der Waals surface area contributed by atoms with Crippen LogP contribution in [-0.4, -0.2) is 12.0 Å². The van der Waals surface area contributed by atoms with E-state index in [-0.39, 0.29) is 35.5 Å². The molecule has 52 heavy (non-hydrogen) atoms. The quantitative estimate of drug-likeness (QED) is 0.289. The molecule has 0 saturated carbocycles. The van der Waals surface area contributed by atoms with Crippen molar-refractivity contribution in [1.82, 2.24) is 10.6 Å². The van der Waals surface area contributed by atoms with Gasteiger partial charge in [-0.25, -0.2) is 4.99 Å². The molecule has 7 aliphatic rings. The predicted octanol–water partition coefficient (Wildman–Crippen LogP) is 9.61. The second-order valence-corrected chi connectivity index (χ2v) is 14.8. The van der Waals surface area contributed by atoms with E-state index in [0.717, 1.165) is 48.6 Å². The SMILES string of the molecule is N#CC1C=CC(C2C=CC(C3=NC(C4=CC5=C(CC4)C4(c6ccccc6Oc6ccccc64)C4C=CC=CC54)NC(c4ccccc4)N3)=CC2)=CC1. The van der Waals surface area contributed by atoms with E-state index >= 15 is 0 Å². The molecule has 2 N–H and O–H groups in total. The Morgan fingerprint density at radius 3 is 2.29 bits per heavy atom. The molecule has 254 valence electrons. The zero-order valence-electron chi connectivity index (χ0n) is 29.0. The van der Waals surface area contributed by atoms with Gasteiger partial charge in [0.05, 0.1) is 17.4 Å². The third kappa shape index (κ3) is 4.89. The molecule has 6 atom stereocenters. The average molecular weight is 677 g/mol. The molecular weight excluding hydrogens is 637 g/mol. The largest absolute Gasteiger partial charge is 0.457 e. The zero-order chi connectivity index (χ0) is 34.6. The molecule has 2 heterocycles. The lowest BCUT2D eigenvalue weighted by Crippen LogP contribution is -2.49. The van der Waals surface area contributed by atoms with Crippen LogP contribution in [0.15, 0.2) is 179 Å². The van der Waals surface area contributed by atoms with Crippen molar-refractivity contribution < 1.29 is 4.74 Å². The molecule has 0 fully saturated rings. The summed E-state index contributed by atoms with van der Waals surface area (Å²) in [6.45, 7) is 0. The summed E-state index contributed by atoms with van der Waals surface area (Å²) in [5.41, 5.74) is 10.1. The Hall–Kier alpha value is -5.70. The molecule has 5 nitrogen and oxygen atoms in total. The molecule has 0 radical (unpaired) electrons. The van der Waals surface area contributed by atoms with E-state index in [2.05, 4.69) is 156 Å². The van der Waals surface area contributed by atoms with Crippen molar-refractivity contribution in [2.24, 2.45) is 28.7 Å². The Morgan fingerprint density at radius 2 is 1.56 bits per heavy atom. The third-order valence-electron chi connectivity index (χ3n) is 12.1. The highest BCUT2D eigenvalue weighted by molar-refractivity contribution is 6.01. The highest BCUT2D eigenvalue weighted by Gasteiger charge is 2.57. The highest BCUT2D eigenvalue weighted by Crippen LogP contribution is 2.65. The third-order valence-corrected chi connectivity index (χ3v) is 12.1. The van der Waals surface area contributed by atoms with E-state index in [1.165, 1.54) is 39.0 Å². The Bertz CT molecular complexity index is 2240. The molecule has 0 saturated heterocycles. The summed E-state index contributed by atoms with van der Waals surface area (Å²) in [4.78, 5) is 5.42. The van der Waals surface area contributed by atoms with Gasteiger partial charge in [0.2, 0.25) is 0 Å². The fourth-order valence-electron chi connectivity index (χ4n) is 9.70. The van der Waals surface area contributed by atoms with E-state index in [1.807, 2.05) is 6.08 Å². The lowest BCUT2D eigenvalue weighted by atomic mass is 9.60. The minimum Gasteiger partial charge on any atom is -0.457 e. The number of amidine groups is 1. The van der Waals surface area contributed by atoms with Crippen LogP contribution in [0.1, 0.15) is 48.5 Å². The standard InChI is InChI=1S/C47H40N4O/c48-29-30-18-20-31(21-19-30)32-22-24-34(25-23-32)45-49-44(33-10-2-1-3-11-33)50-46(51-45)35-26-27-39-37(28-35)36-12-4-5-13-38(36)47(39)40-14-6-8-16-42(40)52-43-17-9-7-15-41(43)47/h1-18,20-22,24-25,28,30,32,36,38,44,46,50H,19,23,26-27H2,(H,49,51). The van der Waals surface area contributed by atoms with Crippen molar-refractivity contribution >= 4 is 5.84 Å². The van der Waals surface area contributed by atoms with Crippen LogP contribution in [0.5, 0.6) is 11.5 Å². The summed E-state index contributed by atoms with van der Waals surface area (Å²) in [6, 6.07) is 30.4. The van der Waals surface area contributed by atoms with Gasteiger partial charge in [-0.3, -0.25) is 5.32 Å². The first-order chi connectivity index (χ1) is 25.7. The van der Waals surface area contributed by atoms with Crippen LogP contribution in [0.25, 0.3) is 0 Å². The van der Waals surface area contributed by atoms with Crippen LogP contribution in [-0.2, 0) is 5.41 Å². The summed E-state index contributed by atoms with van der Waals surface area (Å²) in [5.74, 6) is 3.67. The molecular formula is C47H40N4O. The van der Waals surface area contributed by atoms with E-state index < -0.39 is 0 Å². The lowest BCUT2D eigenvalue weighted by Gasteiger charge is -2.44. The number of para-hydroxylation sites is 2. The van der Waals surface area contributed by atoms with Crippen LogP contribution >= 0.6 is 0 Å². The number of nitrogens with zero attached hydrogens (tertiary/aromatic N) is 2. The number of aliphatic imine (C=N–C) groups is 1. The maximum Gasteiger partial charge on any atom is 0.131 e. The Labute approximate surface area is 305 Å². The second kappa shape index (κ2) is 12.5. The van der Waals surface area contributed by atoms with Gasteiger partial charge in [-0.2, -0.15) is 5.26 Å². The summed E-state index contributed by atoms with van der Waals surface area (Å²) in [5, 5.41) is 17.0. The van der Waals surface area contributed by atoms with Gasteiger partial charge in [0.1, 0.15) is 29.7 Å². The predicted molar refractivity (Wildman–Crippen MR) is 206 cm³/mol. The first-order valence-electron chi connectivity index (χ1n) is 18.7. The zero-order valence-corrected chi connectivity index (χ0v) is 29.0. The van der Waals surface area contributed by atoms with Gasteiger partial charge < -0.3 is 10.1 Å². The topological polar surface area (TPSA) is 69.4 Å². The number of fused-ring (bicyclic) bond motifs is 8. The van der Waals surface area contributed by atoms with Crippen LogP contribution < -0.4 is 15.4 Å². The van der Waals surface area contributed by atoms with Crippen LogP contribution in [0, 0.1) is 35.0 Å². The molecule has 0 aromatic heterocycles. The lowest BCUT2D eigenvalue weighted by molar-refractivity contribution is 0.354. The van der Waals surface area contributed by atoms with Crippen LogP contribution in [0.3, 0.4) is 0 Å². The minimum atomic E-state index is -0.288. The van der Waals surface area contributed by atoms with Crippen molar-refractivity contribution in [2.45, 2.75) is 43.4 Å². The number of hydrogen-bond acceptors (Lipinski definition) is 5. The van der Waals surface area contributed by atoms with Crippen LogP contribution in [0.2, 0.25) is 0 Å². The molecule has 5 aliphatic carbocycles. The van der Waals surface area contributed by atoms with Gasteiger partial charge in [0.15, 0.2) is 0 Å². The van der Waals surface area contributed by atoms with Crippen LogP contribution in [0.4, 0.5) is 0 Å². The molecule has 0 amide bonds. The number of nitrogens with one attached hydrogen (secondary N) is 2. The van der Waals surface area contributed by atoms with Crippen molar-refractivity contribution in [3.8, 4) is 17.6 Å². The number of hydrogen-bond donors (Lipinski definition) is 2. The van der Waals surface area contributed by atoms with Gasteiger partial charge >= 0.3 is 0 Å². The monoisotopic (exact) mass is 676 g/mol. The number of rotatable bonds is 4. The fourth-order valence-corrected chi connectivity index (χ4v) is 9.70. The molecule has 2 aliphatic heterocycles. The number of ether oxygens (including phenoxy) is 1. The molecule has 1 spiro atoms. The van der Waals surface area contributed by atoms with E-state index in [9.17, 15) is 5.26 Å². The molecule has 0 bridgehead atoms. The molecule has 5 heteroatoms. The van der Waals surface area contributed by atoms with Crippen molar-refractivity contribution in [2.75, 3.05) is 0 Å². The van der Waals surface area contributed by atoms with Gasteiger partial charge in [-0.1, -0.05) is 139 Å². The minimum absolute atomic E-state index is 0.0157. The molecule has 3 aromatic rings. The Balaban J connectivity index is 1.04. The average Bonchev–Trinajstić information content (AvgIpc) is 3.51. The summed E-state index contributed by atoms with van der Waals surface area (Å²) < 4.78 is 6.57. The van der Waals surface area contributed by atoms with Crippen molar-refractivity contribution in [3.05, 3.63) is 190 Å². The van der Waals surface area contributed by atoms with Gasteiger partial charge in [-0.15, -0.1) is 0 Å². The summed E-state index contributed by atoms with van der Waals surface area (Å²) in [6.07, 6.45) is 28.4. The maximum absolute atomic E-state index is 9.32. The maximum atomic E-state index is 9.32. The molecule has 10 rings (SSSR count). The molecule has 6 unspecified atom stereocenters. The number of allylic oxidation sites excluding steroid dienone is 13. The summed E-state index contributed by atoms with van der Waals surface area (Å²) in [7, 11) is 0. The van der Waals surface area contributed by atoms with E-state index in [1.54, 1.807) is 0 Å². The Kier molecular flexibility index (Phi) is 7.47.